The average molecular weight is 396 g/mol. The number of pyridine rings is 1. The van der Waals surface area contributed by atoms with Gasteiger partial charge in [-0.15, -0.1) is 0 Å². The number of nitrogens with zero attached hydrogens (tertiary/aromatic N) is 3. The second-order valence-electron chi connectivity index (χ2n) is 6.98. The minimum Gasteiger partial charge on any atom is -0.465 e. The summed E-state index contributed by atoms with van der Waals surface area (Å²) in [5, 5.41) is 13.8. The molecule has 0 aliphatic carbocycles. The lowest BCUT2D eigenvalue weighted by molar-refractivity contribution is -0.386. The highest BCUT2D eigenvalue weighted by atomic mass is 16.6. The molecule has 1 aromatic heterocycles. The van der Waals surface area contributed by atoms with E-state index in [-0.39, 0.29) is 11.1 Å². The van der Waals surface area contributed by atoms with Crippen molar-refractivity contribution < 1.29 is 24.0 Å². The maximum Gasteiger partial charge on any atom is 0.339 e. The van der Waals surface area contributed by atoms with Gasteiger partial charge in [0.1, 0.15) is 6.54 Å². The predicted octanol–water partition coefficient (Wildman–Crippen LogP) is -0.230. The number of ether oxygens (including phenoxy) is 2. The first-order valence-electron chi connectivity index (χ1n) is 8.72. The molecule has 1 N–H and O–H groups in total. The smallest absolute Gasteiger partial charge is 0.339 e. The molecule has 0 aromatic carbocycles. The Morgan fingerprint density at radius 1 is 1.36 bits per heavy atom. The first kappa shape index (κ1) is 21.5. The molecule has 1 aromatic rings. The molecule has 1 aliphatic heterocycles. The van der Waals surface area contributed by atoms with Gasteiger partial charge in [0.15, 0.2) is 0 Å². The van der Waals surface area contributed by atoms with Crippen LogP contribution in [0.4, 0.5) is 5.69 Å². The van der Waals surface area contributed by atoms with E-state index >= 15 is 0 Å². The second kappa shape index (κ2) is 8.93. The summed E-state index contributed by atoms with van der Waals surface area (Å²) in [6.07, 6.45) is 1.08. The van der Waals surface area contributed by atoms with Gasteiger partial charge >= 0.3 is 17.2 Å². The topological polar surface area (TPSA) is 133 Å². The monoisotopic (exact) mass is 396 g/mol. The van der Waals surface area contributed by atoms with Crippen molar-refractivity contribution in [3.8, 4) is 0 Å². The minimum atomic E-state index is -0.972. The Balaban J connectivity index is 2.12. The van der Waals surface area contributed by atoms with Crippen LogP contribution in [0, 0.1) is 10.1 Å². The van der Waals surface area contributed by atoms with E-state index in [1.54, 1.807) is 0 Å². The number of carbonyl (C=O) groups is 2. The third kappa shape index (κ3) is 5.14. The fourth-order valence-corrected chi connectivity index (χ4v) is 2.90. The van der Waals surface area contributed by atoms with Crippen LogP contribution in [0.3, 0.4) is 0 Å². The molecule has 1 amide bonds. The van der Waals surface area contributed by atoms with Crippen molar-refractivity contribution >= 4 is 17.6 Å². The SMILES string of the molecule is COC(=O)c1cc([N+](=O)[O-])c(=O)n(CC(=O)NCC(C)(C)N2CCOCC2)c1. The molecule has 0 radical (unpaired) electrons. The van der Waals surface area contributed by atoms with E-state index in [0.717, 1.165) is 37.0 Å². The van der Waals surface area contributed by atoms with Gasteiger partial charge in [-0.2, -0.15) is 0 Å². The Morgan fingerprint density at radius 3 is 2.57 bits per heavy atom. The number of hydrogen-bond donors (Lipinski definition) is 1. The molecule has 11 nitrogen and oxygen atoms in total. The number of aromatic nitrogens is 1. The van der Waals surface area contributed by atoms with Crippen molar-refractivity contribution in [2.24, 2.45) is 0 Å². The Hall–Kier alpha value is -2.79. The molecule has 2 rings (SSSR count). The normalized spacial score (nSPS) is 15.1. The first-order chi connectivity index (χ1) is 13.2. The molecule has 0 saturated carbocycles. The lowest BCUT2D eigenvalue weighted by atomic mass is 10.0. The molecule has 154 valence electrons. The van der Waals surface area contributed by atoms with Gasteiger partial charge < -0.3 is 14.8 Å². The standard InChI is InChI=1S/C17H24N4O7/c1-17(2,20-4-6-28-7-5-20)11-18-14(22)10-19-9-12(16(24)27-3)8-13(15(19)23)21(25)26/h8-9H,4-7,10-11H2,1-3H3,(H,18,22). The maximum atomic E-state index is 12.3. The van der Waals surface area contributed by atoms with E-state index in [0.29, 0.717) is 19.8 Å². The molecule has 28 heavy (non-hydrogen) atoms. The lowest BCUT2D eigenvalue weighted by Gasteiger charge is -2.40. The number of amides is 1. The van der Waals surface area contributed by atoms with Crippen molar-refractivity contribution in [2.75, 3.05) is 40.0 Å². The summed E-state index contributed by atoms with van der Waals surface area (Å²) in [5.74, 6) is -1.34. The highest BCUT2D eigenvalue weighted by Crippen LogP contribution is 2.15. The second-order valence-corrected chi connectivity index (χ2v) is 6.98. The Bertz CT molecular complexity index is 812. The zero-order valence-corrected chi connectivity index (χ0v) is 16.1. The van der Waals surface area contributed by atoms with E-state index in [4.69, 9.17) is 4.74 Å². The van der Waals surface area contributed by atoms with Gasteiger partial charge in [0, 0.05) is 37.4 Å². The molecule has 0 bridgehead atoms. The van der Waals surface area contributed by atoms with Crippen molar-refractivity contribution in [1.82, 2.24) is 14.8 Å². The molecule has 2 heterocycles. The molecule has 0 spiro atoms. The van der Waals surface area contributed by atoms with Crippen LogP contribution in [-0.4, -0.2) is 71.8 Å². The Kier molecular flexibility index (Phi) is 6.86. The quantitative estimate of drug-likeness (QED) is 0.380. The molecular formula is C17H24N4O7. The van der Waals surface area contributed by atoms with Crippen LogP contribution in [0.15, 0.2) is 17.1 Å². The number of methoxy groups -OCH3 is 1. The third-order valence-corrected chi connectivity index (χ3v) is 4.58. The third-order valence-electron chi connectivity index (χ3n) is 4.58. The number of rotatable bonds is 7. The molecule has 0 unspecified atom stereocenters. The fourth-order valence-electron chi connectivity index (χ4n) is 2.90. The van der Waals surface area contributed by atoms with Gasteiger partial charge in [-0.1, -0.05) is 0 Å². The highest BCUT2D eigenvalue weighted by molar-refractivity contribution is 5.89. The molecule has 11 heteroatoms. The van der Waals surface area contributed by atoms with E-state index in [9.17, 15) is 24.5 Å². The number of morpholine rings is 1. The summed E-state index contributed by atoms with van der Waals surface area (Å²) in [7, 11) is 1.12. The summed E-state index contributed by atoms with van der Waals surface area (Å²) in [4.78, 5) is 48.6. The van der Waals surface area contributed by atoms with Gasteiger partial charge in [-0.25, -0.2) is 4.79 Å². The van der Waals surface area contributed by atoms with E-state index in [2.05, 4.69) is 15.0 Å². The summed E-state index contributed by atoms with van der Waals surface area (Å²) in [5.41, 5.74) is -2.29. The van der Waals surface area contributed by atoms with Crippen LogP contribution in [0.5, 0.6) is 0 Å². The van der Waals surface area contributed by atoms with Crippen LogP contribution in [0.1, 0.15) is 24.2 Å². The maximum absolute atomic E-state index is 12.3. The fraction of sp³-hybridized carbons (Fsp3) is 0.588. The predicted molar refractivity (Wildman–Crippen MR) is 98.2 cm³/mol. The van der Waals surface area contributed by atoms with Crippen LogP contribution < -0.4 is 10.9 Å². The highest BCUT2D eigenvalue weighted by Gasteiger charge is 2.29. The van der Waals surface area contributed by atoms with E-state index in [1.165, 1.54) is 0 Å². The molecule has 0 atom stereocenters. The molecule has 1 aliphatic rings. The summed E-state index contributed by atoms with van der Waals surface area (Å²) >= 11 is 0. The molecule has 1 fully saturated rings. The van der Waals surface area contributed by atoms with Gasteiger partial charge in [-0.3, -0.25) is 29.2 Å². The van der Waals surface area contributed by atoms with Crippen molar-refractivity contribution in [3.05, 3.63) is 38.3 Å². The van der Waals surface area contributed by atoms with E-state index < -0.39 is 34.6 Å². The van der Waals surface area contributed by atoms with Crippen molar-refractivity contribution in [2.45, 2.75) is 25.9 Å². The first-order valence-corrected chi connectivity index (χ1v) is 8.72. The number of esters is 1. The molecular weight excluding hydrogens is 372 g/mol. The van der Waals surface area contributed by atoms with Gasteiger partial charge in [0.2, 0.25) is 5.91 Å². The number of carbonyl (C=O) groups excluding carboxylic acids is 2. The van der Waals surface area contributed by atoms with Gasteiger partial charge in [0.25, 0.3) is 0 Å². The number of nitro groups is 1. The van der Waals surface area contributed by atoms with Crippen molar-refractivity contribution in [3.63, 3.8) is 0 Å². The summed E-state index contributed by atoms with van der Waals surface area (Å²) in [6.45, 7) is 6.56. The summed E-state index contributed by atoms with van der Waals surface area (Å²) in [6, 6.07) is 0.837. The largest absolute Gasteiger partial charge is 0.465 e. The van der Waals surface area contributed by atoms with Crippen LogP contribution >= 0.6 is 0 Å². The van der Waals surface area contributed by atoms with Gasteiger partial charge in [0.05, 0.1) is 30.8 Å². The van der Waals surface area contributed by atoms with Crippen LogP contribution in [0.2, 0.25) is 0 Å². The number of nitrogens with one attached hydrogen (secondary N) is 1. The lowest BCUT2D eigenvalue weighted by Crippen LogP contribution is -2.55. The van der Waals surface area contributed by atoms with Gasteiger partial charge in [-0.05, 0) is 13.8 Å². The molecule has 1 saturated heterocycles. The Labute approximate surface area is 161 Å². The van der Waals surface area contributed by atoms with Crippen LogP contribution in [-0.2, 0) is 20.8 Å². The average Bonchev–Trinajstić information content (AvgIpc) is 2.67. The summed E-state index contributed by atoms with van der Waals surface area (Å²) < 4.78 is 10.7. The van der Waals surface area contributed by atoms with E-state index in [1.807, 2.05) is 13.8 Å². The van der Waals surface area contributed by atoms with Crippen molar-refractivity contribution in [1.29, 1.82) is 0 Å². The zero-order valence-electron chi connectivity index (χ0n) is 16.1. The minimum absolute atomic E-state index is 0.185. The van der Waals surface area contributed by atoms with Crippen LogP contribution in [0.25, 0.3) is 0 Å². The zero-order chi connectivity index (χ0) is 20.9. The number of hydrogen-bond acceptors (Lipinski definition) is 8. The Morgan fingerprint density at radius 2 is 2.00 bits per heavy atom.